The summed E-state index contributed by atoms with van der Waals surface area (Å²) in [5, 5.41) is 46.5. The number of allylic oxidation sites excluding steroid dienone is 1. The summed E-state index contributed by atoms with van der Waals surface area (Å²) in [6, 6.07) is 15.9. The van der Waals surface area contributed by atoms with E-state index >= 15 is 0 Å². The zero-order valence-electron chi connectivity index (χ0n) is 32.8. The standard InChI is InChI=1S/C45H52FN3O9/c1-3-25-56-45-41(48(29-31-11-16-33(46)17-12-31)42(53)22-15-30-13-18-34(19-14-30)49(54)55)28-39(47-57-4-2)37-26-32(9-5-7-23-50)36(10-6-8-24-51)43(44(37)45)38-27-35(52)20-21-40(38)58-45/h3,11-22,26-27,32,36,41,43-44,50-52H,1,4-10,23-25,28-29H2,2H3. The molecule has 0 saturated heterocycles. The van der Waals surface area contributed by atoms with E-state index < -0.39 is 34.4 Å². The number of aliphatic hydroxyl groups is 2. The van der Waals surface area contributed by atoms with Gasteiger partial charge in [0.15, 0.2) is 0 Å². The number of phenolic OH excluding ortho intramolecular Hbond substituents is 1. The summed E-state index contributed by atoms with van der Waals surface area (Å²) in [6.45, 7) is 6.30. The number of hydrogen-bond acceptors (Lipinski definition) is 10. The Balaban J connectivity index is 1.57. The molecule has 58 heavy (non-hydrogen) atoms. The number of hydrogen-bond donors (Lipinski definition) is 3. The van der Waals surface area contributed by atoms with E-state index in [-0.39, 0.29) is 62.0 Å². The van der Waals surface area contributed by atoms with Crippen molar-refractivity contribution in [2.75, 3.05) is 26.4 Å². The van der Waals surface area contributed by atoms with Crippen LogP contribution in [0.1, 0.15) is 74.5 Å². The quantitative estimate of drug-likeness (QED) is 0.0361. The second kappa shape index (κ2) is 19.4. The molecule has 12 nitrogen and oxygen atoms in total. The van der Waals surface area contributed by atoms with Gasteiger partial charge in [-0.15, -0.1) is 6.58 Å². The van der Waals surface area contributed by atoms with Gasteiger partial charge < -0.3 is 34.5 Å². The summed E-state index contributed by atoms with van der Waals surface area (Å²) < 4.78 is 28.3. The number of nitro benzene ring substituents is 1. The van der Waals surface area contributed by atoms with Gasteiger partial charge in [0.05, 0.1) is 23.2 Å². The normalized spacial score (nSPS) is 24.0. The van der Waals surface area contributed by atoms with E-state index in [1.165, 1.54) is 30.3 Å². The molecule has 0 aromatic heterocycles. The highest BCUT2D eigenvalue weighted by Gasteiger charge is 2.65. The number of nitrogens with zero attached hydrogens (tertiary/aromatic N) is 3. The number of aromatic hydroxyl groups is 1. The fraction of sp³-hybridized carbons (Fsp3) is 0.422. The molecule has 3 aromatic carbocycles. The third-order valence-corrected chi connectivity index (χ3v) is 11.4. The number of unbranched alkanes of at least 4 members (excludes halogenated alkanes) is 2. The summed E-state index contributed by atoms with van der Waals surface area (Å²) in [7, 11) is 0. The lowest BCUT2D eigenvalue weighted by molar-refractivity contribution is -0.384. The van der Waals surface area contributed by atoms with Crippen molar-refractivity contribution in [3.05, 3.63) is 130 Å². The number of nitro groups is 1. The lowest BCUT2D eigenvalue weighted by Gasteiger charge is -2.60. The number of phenols is 1. The van der Waals surface area contributed by atoms with Gasteiger partial charge in [-0.2, -0.15) is 0 Å². The van der Waals surface area contributed by atoms with Gasteiger partial charge in [-0.25, -0.2) is 4.39 Å². The molecule has 1 amide bonds. The van der Waals surface area contributed by atoms with E-state index in [9.17, 15) is 34.6 Å². The van der Waals surface area contributed by atoms with Crippen LogP contribution in [0, 0.1) is 33.7 Å². The third-order valence-electron chi connectivity index (χ3n) is 11.4. The van der Waals surface area contributed by atoms with E-state index in [0.717, 1.165) is 36.8 Å². The molecule has 3 aliphatic rings. The highest BCUT2D eigenvalue weighted by atomic mass is 19.1. The van der Waals surface area contributed by atoms with Crippen LogP contribution in [0.4, 0.5) is 10.1 Å². The number of fused-ring (bicyclic) bond motifs is 2. The number of oxime groups is 1. The van der Waals surface area contributed by atoms with Crippen molar-refractivity contribution in [3.63, 3.8) is 0 Å². The highest BCUT2D eigenvalue weighted by Crippen LogP contribution is 2.62. The van der Waals surface area contributed by atoms with Gasteiger partial charge >= 0.3 is 0 Å². The van der Waals surface area contributed by atoms with Crippen molar-refractivity contribution in [1.29, 1.82) is 0 Å². The van der Waals surface area contributed by atoms with Crippen LogP contribution in [0.15, 0.2) is 102 Å². The number of rotatable bonds is 19. The molecule has 6 unspecified atom stereocenters. The summed E-state index contributed by atoms with van der Waals surface area (Å²) in [4.78, 5) is 33.0. The molecule has 0 radical (unpaired) electrons. The smallest absolute Gasteiger partial charge is 0.269 e. The monoisotopic (exact) mass is 797 g/mol. The SMILES string of the molecule is C=CCOC12Oc3ccc(O)cc3C3C(CCCCO)C(CCCCO)C=C(C(=NOCC)CC1N(Cc1ccc(F)cc1)C(=O)C=Cc1ccc([N+](=O)[O-])cc1)C32. The molecule has 13 heteroatoms. The third kappa shape index (κ3) is 9.17. The average molecular weight is 798 g/mol. The van der Waals surface area contributed by atoms with Crippen LogP contribution >= 0.6 is 0 Å². The molecule has 0 bridgehead atoms. The molecule has 6 atom stereocenters. The largest absolute Gasteiger partial charge is 0.508 e. The predicted molar refractivity (Wildman–Crippen MR) is 217 cm³/mol. The van der Waals surface area contributed by atoms with E-state index in [1.807, 2.05) is 6.92 Å². The highest BCUT2D eigenvalue weighted by molar-refractivity contribution is 6.03. The van der Waals surface area contributed by atoms with E-state index in [2.05, 4.69) is 12.7 Å². The summed E-state index contributed by atoms with van der Waals surface area (Å²) in [5.41, 5.74) is 3.40. The lowest BCUT2D eigenvalue weighted by Crippen LogP contribution is -2.70. The topological polar surface area (TPSA) is 164 Å². The van der Waals surface area contributed by atoms with E-state index in [1.54, 1.807) is 59.5 Å². The number of ether oxygens (including phenoxy) is 2. The molecular formula is C45H52FN3O9. The number of benzene rings is 3. The first-order valence-electron chi connectivity index (χ1n) is 20.0. The van der Waals surface area contributed by atoms with Crippen LogP contribution in [0.25, 0.3) is 6.08 Å². The first-order chi connectivity index (χ1) is 28.1. The molecule has 3 aromatic rings. The summed E-state index contributed by atoms with van der Waals surface area (Å²) >= 11 is 0. The van der Waals surface area contributed by atoms with Crippen LogP contribution in [-0.4, -0.2) is 75.0 Å². The minimum Gasteiger partial charge on any atom is -0.508 e. The van der Waals surface area contributed by atoms with Gasteiger partial charge in [0.1, 0.15) is 30.0 Å². The van der Waals surface area contributed by atoms with Crippen LogP contribution in [0.2, 0.25) is 0 Å². The number of carbonyl (C=O) groups is 1. The first kappa shape index (κ1) is 42.2. The van der Waals surface area contributed by atoms with Gasteiger partial charge in [-0.3, -0.25) is 14.9 Å². The Labute approximate surface area is 338 Å². The van der Waals surface area contributed by atoms with Gasteiger partial charge in [0.2, 0.25) is 11.7 Å². The molecule has 6 rings (SSSR count). The molecule has 0 spiro atoms. The lowest BCUT2D eigenvalue weighted by atomic mass is 9.55. The van der Waals surface area contributed by atoms with Gasteiger partial charge in [0, 0.05) is 55.9 Å². The minimum absolute atomic E-state index is 0.0227. The van der Waals surface area contributed by atoms with Crippen LogP contribution in [-0.2, 0) is 20.9 Å². The summed E-state index contributed by atoms with van der Waals surface area (Å²) in [5.74, 6) is -2.71. The van der Waals surface area contributed by atoms with Crippen molar-refractivity contribution >= 4 is 23.4 Å². The maximum atomic E-state index is 14.8. The van der Waals surface area contributed by atoms with Crippen molar-refractivity contribution in [2.24, 2.45) is 22.9 Å². The number of non-ortho nitro benzene ring substituents is 1. The Kier molecular flexibility index (Phi) is 14.1. The van der Waals surface area contributed by atoms with Crippen molar-refractivity contribution in [3.8, 4) is 11.5 Å². The fourth-order valence-corrected chi connectivity index (χ4v) is 8.90. The molecule has 2 aliphatic carbocycles. The van der Waals surface area contributed by atoms with Crippen LogP contribution < -0.4 is 4.74 Å². The van der Waals surface area contributed by atoms with Gasteiger partial charge in [-0.1, -0.05) is 42.3 Å². The Morgan fingerprint density at radius 2 is 1.79 bits per heavy atom. The fourth-order valence-electron chi connectivity index (χ4n) is 8.90. The average Bonchev–Trinajstić information content (AvgIpc) is 3.22. The molecule has 3 N–H and O–H groups in total. The number of amides is 1. The van der Waals surface area contributed by atoms with Crippen molar-refractivity contribution < 1.29 is 43.7 Å². The zero-order valence-corrected chi connectivity index (χ0v) is 32.8. The van der Waals surface area contributed by atoms with Crippen LogP contribution in [0.5, 0.6) is 11.5 Å². The Morgan fingerprint density at radius 1 is 1.07 bits per heavy atom. The predicted octanol–water partition coefficient (Wildman–Crippen LogP) is 7.84. The zero-order chi connectivity index (χ0) is 41.2. The molecule has 1 heterocycles. The maximum Gasteiger partial charge on any atom is 0.269 e. The number of aliphatic hydroxyl groups excluding tert-OH is 2. The Morgan fingerprint density at radius 3 is 2.47 bits per heavy atom. The second-order valence-electron chi connectivity index (χ2n) is 15.0. The molecule has 308 valence electrons. The van der Waals surface area contributed by atoms with E-state index in [4.69, 9.17) is 19.5 Å². The molecule has 1 saturated carbocycles. The van der Waals surface area contributed by atoms with Gasteiger partial charge in [-0.05, 0) is 110 Å². The first-order valence-corrected chi connectivity index (χ1v) is 20.0. The van der Waals surface area contributed by atoms with Crippen molar-refractivity contribution in [1.82, 2.24) is 4.90 Å². The minimum atomic E-state index is -1.54. The maximum absolute atomic E-state index is 14.8. The molecule has 1 aliphatic heterocycles. The number of halogens is 1. The Bertz CT molecular complexity index is 2000. The van der Waals surface area contributed by atoms with Crippen molar-refractivity contribution in [2.45, 2.75) is 76.2 Å². The number of carbonyl (C=O) groups excluding carboxylic acids is 1. The molecular weight excluding hydrogens is 746 g/mol. The van der Waals surface area contributed by atoms with Crippen LogP contribution in [0.3, 0.4) is 0 Å². The Hall–Kier alpha value is -5.37. The van der Waals surface area contributed by atoms with E-state index in [0.29, 0.717) is 42.0 Å². The second-order valence-corrected chi connectivity index (χ2v) is 15.0. The summed E-state index contributed by atoms with van der Waals surface area (Å²) in [6.07, 6.45) is 11.3. The molecule has 1 fully saturated rings. The van der Waals surface area contributed by atoms with Gasteiger partial charge in [0.25, 0.3) is 5.69 Å².